The molecule has 0 spiro atoms. The van der Waals surface area contributed by atoms with E-state index in [1.807, 2.05) is 19.3 Å². The van der Waals surface area contributed by atoms with E-state index in [9.17, 15) is 0 Å². The third-order valence-electron chi connectivity index (χ3n) is 2.59. The molecule has 4 nitrogen and oxygen atoms in total. The Morgan fingerprint density at radius 2 is 2.14 bits per heavy atom. The maximum atomic E-state index is 5.91. The van der Waals surface area contributed by atoms with Crippen LogP contribution in [-0.4, -0.2) is 29.1 Å². The minimum absolute atomic E-state index is 0.296. The molecule has 1 unspecified atom stereocenters. The van der Waals surface area contributed by atoms with Crippen LogP contribution in [0.5, 0.6) is 0 Å². The summed E-state index contributed by atoms with van der Waals surface area (Å²) in [6, 6.07) is 0.296. The van der Waals surface area contributed by atoms with Crippen LogP contribution in [0.1, 0.15) is 18.7 Å². The molecule has 2 N–H and O–H groups in total. The number of aromatic nitrogens is 2. The normalized spacial score (nSPS) is 22.4. The predicted octanol–water partition coefficient (Wildman–Crippen LogP) is 0.713. The molecular weight excluding hydrogens is 176 g/mol. The van der Waals surface area contributed by atoms with E-state index in [1.165, 1.54) is 0 Å². The van der Waals surface area contributed by atoms with Gasteiger partial charge in [-0.15, -0.1) is 0 Å². The van der Waals surface area contributed by atoms with E-state index >= 15 is 0 Å². The Balaban J connectivity index is 2.10. The van der Waals surface area contributed by atoms with Gasteiger partial charge in [0.05, 0.1) is 18.1 Å². The third-order valence-corrected chi connectivity index (χ3v) is 2.59. The number of hydrogen-bond donors (Lipinski definition) is 1. The highest BCUT2D eigenvalue weighted by molar-refractivity contribution is 5.42. The molecule has 0 bridgehead atoms. The van der Waals surface area contributed by atoms with Gasteiger partial charge < -0.3 is 10.6 Å². The molecule has 1 aromatic rings. The molecule has 4 heteroatoms. The molecule has 0 radical (unpaired) electrons. The topological polar surface area (TPSA) is 55.0 Å². The van der Waals surface area contributed by atoms with Crippen LogP contribution in [0.15, 0.2) is 12.4 Å². The van der Waals surface area contributed by atoms with Gasteiger partial charge in [0.15, 0.2) is 0 Å². The number of hydrogen-bond acceptors (Lipinski definition) is 4. The van der Waals surface area contributed by atoms with E-state index in [0.717, 1.165) is 37.4 Å². The summed E-state index contributed by atoms with van der Waals surface area (Å²) in [5, 5.41) is 0. The van der Waals surface area contributed by atoms with E-state index in [0.29, 0.717) is 6.04 Å². The molecule has 2 rings (SSSR count). The number of rotatable bonds is 1. The third kappa shape index (κ3) is 2.01. The van der Waals surface area contributed by atoms with Crippen LogP contribution in [0, 0.1) is 6.92 Å². The van der Waals surface area contributed by atoms with Crippen molar-refractivity contribution in [1.29, 1.82) is 0 Å². The average molecular weight is 192 g/mol. The zero-order valence-corrected chi connectivity index (χ0v) is 8.48. The van der Waals surface area contributed by atoms with Crippen molar-refractivity contribution < 1.29 is 0 Å². The monoisotopic (exact) mass is 192 g/mol. The van der Waals surface area contributed by atoms with Crippen molar-refractivity contribution >= 4 is 5.69 Å². The molecule has 0 amide bonds. The van der Waals surface area contributed by atoms with Gasteiger partial charge in [-0.05, 0) is 19.8 Å². The first-order valence-corrected chi connectivity index (χ1v) is 5.05. The van der Waals surface area contributed by atoms with Gasteiger partial charge >= 0.3 is 0 Å². The molecule has 2 heterocycles. The molecule has 1 aliphatic rings. The Hall–Kier alpha value is -1.16. The highest BCUT2D eigenvalue weighted by atomic mass is 15.2. The quantitative estimate of drug-likeness (QED) is 0.712. The van der Waals surface area contributed by atoms with Crippen LogP contribution in [0.25, 0.3) is 0 Å². The van der Waals surface area contributed by atoms with Crippen molar-refractivity contribution in [3.8, 4) is 0 Å². The summed E-state index contributed by atoms with van der Waals surface area (Å²) >= 11 is 0. The van der Waals surface area contributed by atoms with Crippen molar-refractivity contribution in [1.82, 2.24) is 9.97 Å². The van der Waals surface area contributed by atoms with Gasteiger partial charge in [0, 0.05) is 19.1 Å². The average Bonchev–Trinajstić information content (AvgIpc) is 2.19. The number of nitrogens with two attached hydrogens (primary N) is 1. The van der Waals surface area contributed by atoms with Crippen molar-refractivity contribution in [3.05, 3.63) is 18.2 Å². The molecule has 1 aromatic heterocycles. The zero-order valence-electron chi connectivity index (χ0n) is 8.48. The largest absolute Gasteiger partial charge is 0.367 e. The molecule has 1 saturated heterocycles. The molecule has 1 aliphatic heterocycles. The lowest BCUT2D eigenvalue weighted by Crippen LogP contribution is -2.42. The van der Waals surface area contributed by atoms with E-state index in [4.69, 9.17) is 5.73 Å². The second kappa shape index (κ2) is 3.92. The van der Waals surface area contributed by atoms with Crippen LogP contribution in [0.4, 0.5) is 5.69 Å². The van der Waals surface area contributed by atoms with Gasteiger partial charge in [-0.1, -0.05) is 0 Å². The lowest BCUT2D eigenvalue weighted by atomic mass is 10.1. The van der Waals surface area contributed by atoms with Crippen molar-refractivity contribution in [2.45, 2.75) is 25.8 Å². The fraction of sp³-hybridized carbons (Fsp3) is 0.600. The first-order valence-electron chi connectivity index (χ1n) is 5.05. The molecule has 0 aliphatic carbocycles. The van der Waals surface area contributed by atoms with Crippen molar-refractivity contribution in [3.63, 3.8) is 0 Å². The summed E-state index contributed by atoms with van der Waals surface area (Å²) in [4.78, 5) is 10.6. The van der Waals surface area contributed by atoms with Crippen LogP contribution in [0.3, 0.4) is 0 Å². The summed E-state index contributed by atoms with van der Waals surface area (Å²) < 4.78 is 0. The van der Waals surface area contributed by atoms with Gasteiger partial charge in [-0.25, -0.2) is 9.97 Å². The molecule has 0 aromatic carbocycles. The summed E-state index contributed by atoms with van der Waals surface area (Å²) in [6.07, 6.45) is 6.04. The lowest BCUT2D eigenvalue weighted by Gasteiger charge is -2.32. The smallest absolute Gasteiger partial charge is 0.125 e. The maximum Gasteiger partial charge on any atom is 0.125 e. The molecule has 14 heavy (non-hydrogen) atoms. The fourth-order valence-corrected chi connectivity index (χ4v) is 1.79. The maximum absolute atomic E-state index is 5.91. The highest BCUT2D eigenvalue weighted by Gasteiger charge is 2.16. The summed E-state index contributed by atoms with van der Waals surface area (Å²) in [5.41, 5.74) is 7.00. The number of nitrogens with zero attached hydrogens (tertiary/aromatic N) is 3. The Morgan fingerprint density at radius 3 is 2.79 bits per heavy atom. The zero-order chi connectivity index (χ0) is 9.97. The van der Waals surface area contributed by atoms with Gasteiger partial charge in [-0.3, -0.25) is 0 Å². The Labute approximate surface area is 84.2 Å². The van der Waals surface area contributed by atoms with E-state index in [2.05, 4.69) is 14.9 Å². The first-order chi connectivity index (χ1) is 6.75. The van der Waals surface area contributed by atoms with Crippen LogP contribution in [-0.2, 0) is 0 Å². The van der Waals surface area contributed by atoms with E-state index in [-0.39, 0.29) is 0 Å². The number of anilines is 1. The molecule has 0 saturated carbocycles. The van der Waals surface area contributed by atoms with Gasteiger partial charge in [-0.2, -0.15) is 0 Å². The first kappa shape index (κ1) is 9.40. The summed E-state index contributed by atoms with van der Waals surface area (Å²) in [7, 11) is 0. The summed E-state index contributed by atoms with van der Waals surface area (Å²) in [6.45, 7) is 3.89. The van der Waals surface area contributed by atoms with Crippen LogP contribution < -0.4 is 10.6 Å². The molecule has 76 valence electrons. The minimum Gasteiger partial charge on any atom is -0.367 e. The highest BCUT2D eigenvalue weighted by Crippen LogP contribution is 2.17. The van der Waals surface area contributed by atoms with Gasteiger partial charge in [0.25, 0.3) is 0 Å². The predicted molar refractivity (Wildman–Crippen MR) is 56.2 cm³/mol. The number of piperidine rings is 1. The van der Waals surface area contributed by atoms with Gasteiger partial charge in [0.1, 0.15) is 5.82 Å². The van der Waals surface area contributed by atoms with E-state index < -0.39 is 0 Å². The summed E-state index contributed by atoms with van der Waals surface area (Å²) in [5.74, 6) is 0.815. The fourth-order valence-electron chi connectivity index (χ4n) is 1.79. The second-order valence-electron chi connectivity index (χ2n) is 3.84. The van der Waals surface area contributed by atoms with Gasteiger partial charge in [0.2, 0.25) is 0 Å². The molecule has 1 fully saturated rings. The van der Waals surface area contributed by atoms with Crippen LogP contribution in [0.2, 0.25) is 0 Å². The van der Waals surface area contributed by atoms with E-state index in [1.54, 1.807) is 0 Å². The Kier molecular flexibility index (Phi) is 2.63. The SMILES string of the molecule is Cc1ncc(N2CCCC(N)C2)cn1. The second-order valence-corrected chi connectivity index (χ2v) is 3.84. The van der Waals surface area contributed by atoms with Crippen LogP contribution >= 0.6 is 0 Å². The molecule has 1 atom stereocenters. The van der Waals surface area contributed by atoms with Crippen molar-refractivity contribution in [2.24, 2.45) is 5.73 Å². The number of aryl methyl sites for hydroxylation is 1. The molecular formula is C10H16N4. The standard InChI is InChI=1S/C10H16N4/c1-8-12-5-10(6-13-8)14-4-2-3-9(11)7-14/h5-6,9H,2-4,7,11H2,1H3. The Morgan fingerprint density at radius 1 is 1.43 bits per heavy atom. The minimum atomic E-state index is 0.296. The Bertz CT molecular complexity index is 295. The lowest BCUT2D eigenvalue weighted by molar-refractivity contribution is 0.505. The van der Waals surface area contributed by atoms with Crippen molar-refractivity contribution in [2.75, 3.05) is 18.0 Å².